The number of hydrogen-bond acceptors (Lipinski definition) is 4. The average molecular weight is 377 g/mol. The van der Waals surface area contributed by atoms with Crippen molar-refractivity contribution in [3.63, 3.8) is 0 Å². The van der Waals surface area contributed by atoms with Crippen molar-refractivity contribution in [2.75, 3.05) is 5.32 Å². The second-order valence-electron chi connectivity index (χ2n) is 6.19. The second kappa shape index (κ2) is 7.25. The van der Waals surface area contributed by atoms with E-state index in [-0.39, 0.29) is 18.1 Å². The van der Waals surface area contributed by atoms with E-state index in [0.29, 0.717) is 11.3 Å². The van der Waals surface area contributed by atoms with Gasteiger partial charge in [-0.05, 0) is 54.4 Å². The summed E-state index contributed by atoms with van der Waals surface area (Å²) in [6.07, 6.45) is 1.75. The number of carbonyl (C=O) groups is 1. The van der Waals surface area contributed by atoms with E-state index in [9.17, 15) is 9.18 Å². The minimum atomic E-state index is -0.371. The summed E-state index contributed by atoms with van der Waals surface area (Å²) in [5.41, 5.74) is 3.85. The maximum absolute atomic E-state index is 13.7. The van der Waals surface area contributed by atoms with Crippen LogP contribution in [0.15, 0.2) is 60.8 Å². The molecule has 4 rings (SSSR count). The maximum Gasteiger partial charge on any atom is 0.228 e. The zero-order valence-corrected chi connectivity index (χ0v) is 15.4. The fourth-order valence-corrected chi connectivity index (χ4v) is 3.74. The van der Waals surface area contributed by atoms with Crippen molar-refractivity contribution in [3.8, 4) is 10.6 Å². The smallest absolute Gasteiger partial charge is 0.228 e. The first-order valence-corrected chi connectivity index (χ1v) is 9.27. The molecule has 134 valence electrons. The summed E-state index contributed by atoms with van der Waals surface area (Å²) in [5, 5.41) is 3.74. The molecule has 4 aromatic rings. The lowest BCUT2D eigenvalue weighted by molar-refractivity contribution is -0.115. The highest BCUT2D eigenvalue weighted by Gasteiger charge is 2.11. The van der Waals surface area contributed by atoms with Gasteiger partial charge in [0, 0.05) is 17.4 Å². The Morgan fingerprint density at radius 1 is 1.15 bits per heavy atom. The Balaban J connectivity index is 1.53. The number of carbonyl (C=O) groups excluding carboxylic acids is 1. The van der Waals surface area contributed by atoms with Gasteiger partial charge >= 0.3 is 0 Å². The Morgan fingerprint density at radius 2 is 2.00 bits per heavy atom. The van der Waals surface area contributed by atoms with E-state index in [4.69, 9.17) is 0 Å². The van der Waals surface area contributed by atoms with Crippen LogP contribution in [0.2, 0.25) is 0 Å². The lowest BCUT2D eigenvalue weighted by atomic mass is 10.1. The number of aromatic nitrogens is 2. The van der Waals surface area contributed by atoms with Crippen LogP contribution in [0.1, 0.15) is 11.1 Å². The van der Waals surface area contributed by atoms with Crippen LogP contribution in [0, 0.1) is 12.7 Å². The van der Waals surface area contributed by atoms with Gasteiger partial charge in [-0.1, -0.05) is 29.5 Å². The zero-order valence-electron chi connectivity index (χ0n) is 14.6. The molecule has 6 heteroatoms. The fraction of sp³-hybridized carbons (Fsp3) is 0.0952. The first-order chi connectivity index (χ1) is 13.1. The third-order valence-electron chi connectivity index (χ3n) is 4.22. The predicted molar refractivity (Wildman–Crippen MR) is 106 cm³/mol. The van der Waals surface area contributed by atoms with E-state index in [2.05, 4.69) is 15.3 Å². The topological polar surface area (TPSA) is 54.9 Å². The number of nitrogens with one attached hydrogen (secondary N) is 1. The normalized spacial score (nSPS) is 10.9. The molecule has 2 aromatic heterocycles. The van der Waals surface area contributed by atoms with E-state index < -0.39 is 0 Å². The van der Waals surface area contributed by atoms with Crippen molar-refractivity contribution >= 4 is 33.3 Å². The van der Waals surface area contributed by atoms with Crippen molar-refractivity contribution in [1.29, 1.82) is 0 Å². The molecular weight excluding hydrogens is 361 g/mol. The van der Waals surface area contributed by atoms with Crippen molar-refractivity contribution in [1.82, 2.24) is 9.97 Å². The van der Waals surface area contributed by atoms with Gasteiger partial charge in [-0.25, -0.2) is 14.4 Å². The Labute approximate surface area is 159 Å². The first kappa shape index (κ1) is 17.3. The standard InChI is InChI=1S/C21H16FN3OS/c1-13-11-15(20-25-18-7-4-10-23-21(18)27-20)8-9-17(13)24-19(26)12-14-5-2-3-6-16(14)22/h2-11H,12H2,1H3,(H,24,26). The number of amides is 1. The van der Waals surface area contributed by atoms with Crippen molar-refractivity contribution in [2.45, 2.75) is 13.3 Å². The molecule has 0 bridgehead atoms. The maximum atomic E-state index is 13.7. The van der Waals surface area contributed by atoms with Gasteiger partial charge in [0.05, 0.1) is 6.42 Å². The van der Waals surface area contributed by atoms with Gasteiger partial charge in [0.15, 0.2) is 0 Å². The molecule has 0 radical (unpaired) electrons. The number of nitrogens with zero attached hydrogens (tertiary/aromatic N) is 2. The molecule has 0 aliphatic rings. The Kier molecular flexibility index (Phi) is 4.64. The summed E-state index contributed by atoms with van der Waals surface area (Å²) >= 11 is 1.53. The molecule has 0 spiro atoms. The van der Waals surface area contributed by atoms with Gasteiger partial charge in [-0.2, -0.15) is 0 Å². The highest BCUT2D eigenvalue weighted by molar-refractivity contribution is 7.21. The Bertz CT molecular complexity index is 1110. The van der Waals surface area contributed by atoms with Gasteiger partial charge in [-0.15, -0.1) is 0 Å². The number of thiazole rings is 1. The van der Waals surface area contributed by atoms with Crippen LogP contribution in [0.4, 0.5) is 10.1 Å². The van der Waals surface area contributed by atoms with Crippen LogP contribution in [0.5, 0.6) is 0 Å². The molecular formula is C21H16FN3OS. The molecule has 0 saturated heterocycles. The Hall–Kier alpha value is -3.12. The van der Waals surface area contributed by atoms with E-state index >= 15 is 0 Å². The van der Waals surface area contributed by atoms with Gasteiger partial charge < -0.3 is 5.32 Å². The van der Waals surface area contributed by atoms with Crippen LogP contribution in [0.3, 0.4) is 0 Å². The van der Waals surface area contributed by atoms with Crippen LogP contribution >= 0.6 is 11.3 Å². The SMILES string of the molecule is Cc1cc(-c2nc3cccnc3s2)ccc1NC(=O)Cc1ccccc1F. The van der Waals surface area contributed by atoms with E-state index in [1.807, 2.05) is 37.3 Å². The Morgan fingerprint density at radius 3 is 2.78 bits per heavy atom. The second-order valence-corrected chi connectivity index (χ2v) is 7.17. The number of benzene rings is 2. The minimum absolute atomic E-state index is 0.00258. The summed E-state index contributed by atoms with van der Waals surface area (Å²) in [5.74, 6) is -0.621. The molecule has 0 fully saturated rings. The highest BCUT2D eigenvalue weighted by atomic mass is 32.1. The van der Waals surface area contributed by atoms with E-state index in [0.717, 1.165) is 26.5 Å². The molecule has 0 unspecified atom stereocenters. The van der Waals surface area contributed by atoms with Crippen LogP contribution < -0.4 is 5.32 Å². The fourth-order valence-electron chi connectivity index (χ4n) is 2.84. The number of aryl methyl sites for hydroxylation is 1. The number of rotatable bonds is 4. The number of halogens is 1. The summed E-state index contributed by atoms with van der Waals surface area (Å²) in [6.45, 7) is 1.92. The summed E-state index contributed by atoms with van der Waals surface area (Å²) in [6, 6.07) is 15.9. The third kappa shape index (κ3) is 3.71. The third-order valence-corrected chi connectivity index (χ3v) is 5.25. The number of hydrogen-bond donors (Lipinski definition) is 1. The molecule has 4 nitrogen and oxygen atoms in total. The molecule has 0 saturated carbocycles. The lowest BCUT2D eigenvalue weighted by Crippen LogP contribution is -2.15. The summed E-state index contributed by atoms with van der Waals surface area (Å²) in [4.78, 5) is 22.1. The largest absolute Gasteiger partial charge is 0.326 e. The van der Waals surface area contributed by atoms with Crippen LogP contribution in [-0.2, 0) is 11.2 Å². The van der Waals surface area contributed by atoms with Crippen molar-refractivity contribution in [2.24, 2.45) is 0 Å². The van der Waals surface area contributed by atoms with Gasteiger partial charge in [0.1, 0.15) is 21.2 Å². The molecule has 1 amide bonds. The number of anilines is 1. The minimum Gasteiger partial charge on any atom is -0.326 e. The summed E-state index contributed by atoms with van der Waals surface area (Å²) < 4.78 is 13.7. The van der Waals surface area contributed by atoms with Crippen molar-refractivity contribution in [3.05, 3.63) is 77.7 Å². The molecule has 1 N–H and O–H groups in total. The van der Waals surface area contributed by atoms with E-state index in [1.165, 1.54) is 17.4 Å². The quantitative estimate of drug-likeness (QED) is 0.545. The van der Waals surface area contributed by atoms with E-state index in [1.54, 1.807) is 24.4 Å². The first-order valence-electron chi connectivity index (χ1n) is 8.46. The van der Waals surface area contributed by atoms with Crippen LogP contribution in [-0.4, -0.2) is 15.9 Å². The zero-order chi connectivity index (χ0) is 18.8. The average Bonchev–Trinajstić information content (AvgIpc) is 3.09. The van der Waals surface area contributed by atoms with Gasteiger partial charge in [0.2, 0.25) is 5.91 Å². The van der Waals surface area contributed by atoms with Crippen molar-refractivity contribution < 1.29 is 9.18 Å². The predicted octanol–water partition coefficient (Wildman–Crippen LogP) is 4.99. The number of fused-ring (bicyclic) bond motifs is 1. The monoisotopic (exact) mass is 377 g/mol. The van der Waals surface area contributed by atoms with Gasteiger partial charge in [-0.3, -0.25) is 4.79 Å². The lowest BCUT2D eigenvalue weighted by Gasteiger charge is -2.10. The molecule has 27 heavy (non-hydrogen) atoms. The molecule has 0 aliphatic heterocycles. The van der Waals surface area contributed by atoms with Crippen LogP contribution in [0.25, 0.3) is 20.9 Å². The summed E-state index contributed by atoms with van der Waals surface area (Å²) in [7, 11) is 0. The molecule has 2 heterocycles. The highest BCUT2D eigenvalue weighted by Crippen LogP contribution is 2.31. The molecule has 0 atom stereocenters. The molecule has 2 aromatic carbocycles. The molecule has 0 aliphatic carbocycles. The number of pyridine rings is 1. The van der Waals surface area contributed by atoms with Gasteiger partial charge in [0.25, 0.3) is 0 Å².